The predicted octanol–water partition coefficient (Wildman–Crippen LogP) is 2.84. The third kappa shape index (κ3) is 5.76. The number of amides is 1. The number of fused-ring (bicyclic) bond motifs is 1. The Hall–Kier alpha value is -4.54. The van der Waals surface area contributed by atoms with E-state index in [1.165, 1.54) is 29.9 Å². The summed E-state index contributed by atoms with van der Waals surface area (Å²) in [5.41, 5.74) is -0.0385. The molecule has 0 aliphatic carbocycles. The van der Waals surface area contributed by atoms with Gasteiger partial charge in [0.1, 0.15) is 27.8 Å². The Morgan fingerprint density at radius 1 is 1.09 bits per heavy atom. The van der Waals surface area contributed by atoms with Crippen LogP contribution in [0.25, 0.3) is 10.2 Å². The molecule has 0 radical (unpaired) electrons. The number of carbonyl (C=O) groups is 1. The topological polar surface area (TPSA) is 166 Å². The minimum absolute atomic E-state index is 0.0469. The maximum Gasteiger partial charge on any atom is 0.271 e. The number of non-ortho nitro benzene ring substituents is 1. The molecule has 1 fully saturated rings. The van der Waals surface area contributed by atoms with Gasteiger partial charge in [0.05, 0.1) is 42.2 Å². The summed E-state index contributed by atoms with van der Waals surface area (Å²) in [6, 6.07) is 11.2. The van der Waals surface area contributed by atoms with Crippen LogP contribution in [0.4, 0.5) is 17.1 Å². The smallest absolute Gasteiger partial charge is 0.271 e. The molecule has 1 aliphatic heterocycles. The fraction of sp³-hybridized carbons (Fsp3) is 0.296. The number of anilines is 2. The van der Waals surface area contributed by atoms with Crippen LogP contribution in [-0.2, 0) is 21.4 Å². The standard InChI is InChI=1S/C27H28N6O8S2/c1-17-25(43(38,39)32-12-10-30(11-13-32)20-6-4-5-7-22(20)41-3)24-26(42-17)28-16-31(27(24)35)15-23(34)29-19-14-18(33(36)37)8-9-21(19)40-2/h4-9,14,16H,10-13,15H2,1-3H3,(H,29,34). The van der Waals surface area contributed by atoms with Crippen molar-refractivity contribution >= 4 is 54.5 Å². The molecule has 1 saturated heterocycles. The fourth-order valence-electron chi connectivity index (χ4n) is 4.98. The third-order valence-corrected chi connectivity index (χ3v) is 10.3. The minimum atomic E-state index is -4.08. The van der Waals surface area contributed by atoms with Crippen molar-refractivity contribution in [3.8, 4) is 11.5 Å². The molecule has 226 valence electrons. The van der Waals surface area contributed by atoms with Crippen LogP contribution in [-0.4, -0.2) is 73.5 Å². The van der Waals surface area contributed by atoms with Crippen LogP contribution >= 0.6 is 11.3 Å². The quantitative estimate of drug-likeness (QED) is 0.215. The number of carbonyl (C=O) groups excluding carboxylic acids is 1. The first kappa shape index (κ1) is 29.9. The Kier molecular flexibility index (Phi) is 8.34. The summed E-state index contributed by atoms with van der Waals surface area (Å²) in [6.45, 7) is 2.34. The van der Waals surface area contributed by atoms with Gasteiger partial charge in [-0.15, -0.1) is 11.3 Å². The van der Waals surface area contributed by atoms with Crippen molar-refractivity contribution in [1.82, 2.24) is 13.9 Å². The number of ether oxygens (including phenoxy) is 2. The molecule has 0 spiro atoms. The molecule has 1 aliphatic rings. The number of para-hydroxylation sites is 2. The second-order valence-electron chi connectivity index (χ2n) is 9.60. The highest BCUT2D eigenvalue weighted by molar-refractivity contribution is 7.89. The van der Waals surface area contributed by atoms with E-state index in [0.29, 0.717) is 23.7 Å². The Morgan fingerprint density at radius 3 is 2.47 bits per heavy atom. The molecule has 3 heterocycles. The zero-order valence-electron chi connectivity index (χ0n) is 23.5. The van der Waals surface area contributed by atoms with Gasteiger partial charge in [-0.3, -0.25) is 24.3 Å². The van der Waals surface area contributed by atoms with Crippen molar-refractivity contribution in [3.63, 3.8) is 0 Å². The summed E-state index contributed by atoms with van der Waals surface area (Å²) in [5.74, 6) is 0.191. The molecule has 16 heteroatoms. The van der Waals surface area contributed by atoms with Crippen molar-refractivity contribution in [2.75, 3.05) is 50.6 Å². The van der Waals surface area contributed by atoms with Crippen LogP contribution < -0.4 is 25.2 Å². The van der Waals surface area contributed by atoms with Gasteiger partial charge in [0.25, 0.3) is 11.2 Å². The molecular formula is C27H28N6O8S2. The highest BCUT2D eigenvalue weighted by Gasteiger charge is 2.34. The van der Waals surface area contributed by atoms with E-state index in [1.54, 1.807) is 14.0 Å². The molecule has 0 saturated carbocycles. The van der Waals surface area contributed by atoms with E-state index in [-0.39, 0.29) is 45.3 Å². The van der Waals surface area contributed by atoms with E-state index < -0.39 is 33.0 Å². The Bertz CT molecular complexity index is 1880. The van der Waals surface area contributed by atoms with Crippen molar-refractivity contribution in [2.24, 2.45) is 0 Å². The first-order chi connectivity index (χ1) is 20.5. The Balaban J connectivity index is 1.40. The monoisotopic (exact) mass is 628 g/mol. The zero-order chi connectivity index (χ0) is 30.9. The first-order valence-corrected chi connectivity index (χ1v) is 15.3. The maximum atomic E-state index is 13.9. The van der Waals surface area contributed by atoms with Crippen LogP contribution in [0, 0.1) is 17.0 Å². The van der Waals surface area contributed by atoms with E-state index in [2.05, 4.69) is 10.3 Å². The lowest BCUT2D eigenvalue weighted by molar-refractivity contribution is -0.384. The second kappa shape index (κ2) is 12.0. The number of nitro groups is 1. The number of thiophene rings is 1. The third-order valence-electron chi connectivity index (χ3n) is 7.04. The van der Waals surface area contributed by atoms with Crippen LogP contribution in [0.1, 0.15) is 4.88 Å². The summed E-state index contributed by atoms with van der Waals surface area (Å²) in [7, 11) is -1.16. The second-order valence-corrected chi connectivity index (χ2v) is 12.7. The molecule has 0 bridgehead atoms. The number of benzene rings is 2. The molecule has 0 unspecified atom stereocenters. The van der Waals surface area contributed by atoms with Crippen LogP contribution in [0.5, 0.6) is 11.5 Å². The van der Waals surface area contributed by atoms with Gasteiger partial charge in [-0.2, -0.15) is 4.31 Å². The molecule has 4 aromatic rings. The number of aromatic nitrogens is 2. The average molecular weight is 629 g/mol. The largest absolute Gasteiger partial charge is 0.495 e. The number of rotatable bonds is 9. The Morgan fingerprint density at radius 2 is 1.79 bits per heavy atom. The van der Waals surface area contributed by atoms with Crippen LogP contribution in [0.15, 0.2) is 58.5 Å². The average Bonchev–Trinajstić information content (AvgIpc) is 3.35. The fourth-order valence-corrected chi connectivity index (χ4v) is 8.07. The number of hydrogen-bond acceptors (Lipinski definition) is 11. The predicted molar refractivity (Wildman–Crippen MR) is 161 cm³/mol. The SMILES string of the molecule is COc1ccc([N+](=O)[O-])cc1NC(=O)Cn1cnc2sc(C)c(S(=O)(=O)N3CCN(c4ccccc4OC)CC3)c2c1=O. The lowest BCUT2D eigenvalue weighted by atomic mass is 10.2. The van der Waals surface area contributed by atoms with Crippen LogP contribution in [0.3, 0.4) is 0 Å². The maximum absolute atomic E-state index is 13.9. The summed E-state index contributed by atoms with van der Waals surface area (Å²) in [6.07, 6.45) is 1.17. The van der Waals surface area contributed by atoms with E-state index in [0.717, 1.165) is 27.7 Å². The van der Waals surface area contributed by atoms with E-state index in [9.17, 15) is 28.1 Å². The molecule has 2 aromatic heterocycles. The van der Waals surface area contributed by atoms with Gasteiger partial charge in [-0.05, 0) is 25.1 Å². The van der Waals surface area contributed by atoms with E-state index >= 15 is 0 Å². The van der Waals surface area contributed by atoms with Gasteiger partial charge in [0.2, 0.25) is 15.9 Å². The normalized spacial score (nSPS) is 14.1. The van der Waals surface area contributed by atoms with E-state index in [4.69, 9.17) is 9.47 Å². The minimum Gasteiger partial charge on any atom is -0.495 e. The number of hydrogen-bond donors (Lipinski definition) is 1. The number of nitro benzene ring substituents is 1. The number of aryl methyl sites for hydroxylation is 1. The lowest BCUT2D eigenvalue weighted by Crippen LogP contribution is -2.49. The van der Waals surface area contributed by atoms with Crippen molar-refractivity contribution in [2.45, 2.75) is 18.4 Å². The summed E-state index contributed by atoms with van der Waals surface area (Å²) in [5, 5.41) is 13.6. The molecule has 2 aromatic carbocycles. The summed E-state index contributed by atoms with van der Waals surface area (Å²) in [4.78, 5) is 43.9. The van der Waals surface area contributed by atoms with Gasteiger partial charge >= 0.3 is 0 Å². The highest BCUT2D eigenvalue weighted by atomic mass is 32.2. The highest BCUT2D eigenvalue weighted by Crippen LogP contribution is 2.35. The summed E-state index contributed by atoms with van der Waals surface area (Å²) >= 11 is 1.09. The Labute approximate surface area is 250 Å². The number of nitrogens with zero attached hydrogens (tertiary/aromatic N) is 5. The first-order valence-electron chi connectivity index (χ1n) is 13.0. The number of methoxy groups -OCH3 is 2. The molecule has 1 amide bonds. The molecule has 14 nitrogen and oxygen atoms in total. The number of nitrogens with one attached hydrogen (secondary N) is 1. The van der Waals surface area contributed by atoms with Crippen molar-refractivity contribution < 1.29 is 27.6 Å². The number of piperazine rings is 1. The van der Waals surface area contributed by atoms with Gasteiger partial charge < -0.3 is 19.7 Å². The molecule has 43 heavy (non-hydrogen) atoms. The molecule has 5 rings (SSSR count). The zero-order valence-corrected chi connectivity index (χ0v) is 25.1. The van der Waals surface area contributed by atoms with Crippen LogP contribution in [0.2, 0.25) is 0 Å². The van der Waals surface area contributed by atoms with Crippen molar-refractivity contribution in [1.29, 1.82) is 0 Å². The van der Waals surface area contributed by atoms with Crippen molar-refractivity contribution in [3.05, 3.63) is 74.1 Å². The van der Waals surface area contributed by atoms with Gasteiger partial charge in [-0.1, -0.05) is 12.1 Å². The van der Waals surface area contributed by atoms with Gasteiger partial charge in [-0.25, -0.2) is 13.4 Å². The number of sulfonamides is 1. The lowest BCUT2D eigenvalue weighted by Gasteiger charge is -2.35. The van der Waals surface area contributed by atoms with E-state index in [1.807, 2.05) is 29.2 Å². The molecule has 0 atom stereocenters. The molecule has 1 N–H and O–H groups in total. The van der Waals surface area contributed by atoms with Gasteiger partial charge in [0, 0.05) is 43.2 Å². The molecular weight excluding hydrogens is 600 g/mol. The summed E-state index contributed by atoms with van der Waals surface area (Å²) < 4.78 is 40.8. The van der Waals surface area contributed by atoms with Gasteiger partial charge in [0.15, 0.2) is 0 Å².